The molecule has 0 fully saturated rings. The highest BCUT2D eigenvalue weighted by molar-refractivity contribution is 6.05. The van der Waals surface area contributed by atoms with Gasteiger partial charge >= 0.3 is 5.78 Å². The number of ketones is 1. The summed E-state index contributed by atoms with van der Waals surface area (Å²) in [5.41, 5.74) is 0. The molecule has 0 aliphatic carbocycles. The molecule has 3 nitrogen and oxygen atoms in total. The zero-order valence-electron chi connectivity index (χ0n) is 2.80. The van der Waals surface area contributed by atoms with Gasteiger partial charge in [-0.15, -0.1) is 0 Å². The lowest BCUT2D eigenvalue weighted by Crippen LogP contribution is -1.81. The molecule has 0 bridgehead atoms. The molecule has 0 aliphatic heterocycles. The van der Waals surface area contributed by atoms with Crippen molar-refractivity contribution in [2.45, 2.75) is 0 Å². The van der Waals surface area contributed by atoms with Crippen molar-refractivity contribution in [2.75, 3.05) is 0 Å². The molecule has 3 heteroatoms. The molecule has 6 heavy (non-hydrogen) atoms. The fraction of sp³-hybridized carbons (Fsp3) is 0. The van der Waals surface area contributed by atoms with Gasteiger partial charge in [-0.2, -0.15) is 10.5 Å². The lowest BCUT2D eigenvalue weighted by Gasteiger charge is -1.50. The second-order valence-electron chi connectivity index (χ2n) is 0.553. The summed E-state index contributed by atoms with van der Waals surface area (Å²) < 4.78 is 0. The minimum absolute atomic E-state index is 1.05. The molecule has 0 unspecified atom stereocenters. The van der Waals surface area contributed by atoms with Gasteiger partial charge in [0.2, 0.25) is 0 Å². The zero-order valence-corrected chi connectivity index (χ0v) is 2.80. The summed E-state index contributed by atoms with van der Waals surface area (Å²) in [6.45, 7) is 0. The van der Waals surface area contributed by atoms with E-state index in [2.05, 4.69) is 0 Å². The molecular formula is C3N2O. The fourth-order valence-corrected chi connectivity index (χ4v) is 0.0250. The summed E-state index contributed by atoms with van der Waals surface area (Å²) in [4.78, 5) is 9.46. The summed E-state index contributed by atoms with van der Waals surface area (Å²) in [6.07, 6.45) is 0. The molecule has 0 spiro atoms. The molecule has 0 aliphatic rings. The van der Waals surface area contributed by atoms with Crippen molar-refractivity contribution in [3.63, 3.8) is 0 Å². The van der Waals surface area contributed by atoms with Crippen LogP contribution in [-0.4, -0.2) is 5.78 Å². The van der Waals surface area contributed by atoms with Gasteiger partial charge in [-0.05, 0) is 0 Å². The van der Waals surface area contributed by atoms with Crippen LogP contribution in [0.3, 0.4) is 0 Å². The van der Waals surface area contributed by atoms with Gasteiger partial charge in [-0.25, -0.2) is 0 Å². The molecule has 0 radical (unpaired) electrons. The van der Waals surface area contributed by atoms with E-state index in [1.54, 1.807) is 0 Å². The van der Waals surface area contributed by atoms with E-state index in [0.717, 1.165) is 12.1 Å². The Morgan fingerprint density at radius 1 is 1.33 bits per heavy atom. The molecule has 0 aromatic carbocycles. The molecule has 0 N–H and O–H groups in total. The molecule has 0 amide bonds. The Kier molecular flexibility index (Phi) is 1.49. The predicted molar refractivity (Wildman–Crippen MR) is 16.2 cm³/mol. The van der Waals surface area contributed by atoms with Gasteiger partial charge in [0.25, 0.3) is 0 Å². The molecule has 0 rings (SSSR count). The summed E-state index contributed by atoms with van der Waals surface area (Å²) in [7, 11) is 0. The summed E-state index contributed by atoms with van der Waals surface area (Å²) in [5, 5.41) is 15.0. The van der Waals surface area contributed by atoms with Gasteiger partial charge in [0.05, 0.1) is 0 Å². The minimum Gasteiger partial charge on any atom is -0.265 e. The number of nitriles is 2. The smallest absolute Gasteiger partial charge is 0.265 e. The highest BCUT2D eigenvalue weighted by Gasteiger charge is 1.86. The van der Waals surface area contributed by atoms with Crippen LogP contribution in [0.1, 0.15) is 0 Å². The third-order valence-corrected chi connectivity index (χ3v) is 0.203. The van der Waals surface area contributed by atoms with Crippen molar-refractivity contribution in [3.05, 3.63) is 0 Å². The Bertz CT molecular complexity index is 120. The van der Waals surface area contributed by atoms with Gasteiger partial charge in [0.1, 0.15) is 0 Å². The lowest BCUT2D eigenvalue weighted by molar-refractivity contribution is -0.109. The molecule has 0 aromatic heterocycles. The average molecular weight is 80.0 g/mol. The van der Waals surface area contributed by atoms with Crippen LogP contribution in [0.5, 0.6) is 0 Å². The van der Waals surface area contributed by atoms with Crippen LogP contribution >= 0.6 is 0 Å². The minimum atomic E-state index is -1.05. The molecule has 0 saturated carbocycles. The van der Waals surface area contributed by atoms with E-state index in [1.165, 1.54) is 0 Å². The summed E-state index contributed by atoms with van der Waals surface area (Å²) >= 11 is 0. The van der Waals surface area contributed by atoms with Crippen molar-refractivity contribution in [1.29, 1.82) is 10.5 Å². The zero-order chi connectivity index (χ0) is 4.99. The van der Waals surface area contributed by atoms with E-state index >= 15 is 0 Å². The van der Waals surface area contributed by atoms with Crippen LogP contribution in [0.15, 0.2) is 0 Å². The highest BCUT2D eigenvalue weighted by Crippen LogP contribution is 1.54. The Hall–Kier alpha value is -1.35. The van der Waals surface area contributed by atoms with Gasteiger partial charge < -0.3 is 0 Å². The summed E-state index contributed by atoms with van der Waals surface area (Å²) in [6, 6.07) is 2.23. The van der Waals surface area contributed by atoms with E-state index < -0.39 is 5.78 Å². The number of Topliss-reactive ketones (excluding diaryl/α,β-unsaturated/α-hetero) is 1. The largest absolute Gasteiger partial charge is 0.331 e. The van der Waals surface area contributed by atoms with Gasteiger partial charge in [0, 0.05) is 0 Å². The third kappa shape index (κ3) is 1.03. The van der Waals surface area contributed by atoms with Crippen LogP contribution in [0, 0.1) is 22.7 Å². The number of nitrogens with zero attached hydrogens (tertiary/aromatic N) is 2. The molecule has 28 valence electrons. The topological polar surface area (TPSA) is 64.7 Å². The number of carbonyl (C=O) groups is 1. The average Bonchev–Trinajstić information content (AvgIpc) is 1.65. The van der Waals surface area contributed by atoms with Crippen LogP contribution in [-0.2, 0) is 4.79 Å². The van der Waals surface area contributed by atoms with Crippen molar-refractivity contribution in [2.24, 2.45) is 0 Å². The van der Waals surface area contributed by atoms with E-state index in [9.17, 15) is 4.79 Å². The first-order valence-corrected chi connectivity index (χ1v) is 1.15. The van der Waals surface area contributed by atoms with E-state index in [-0.39, 0.29) is 0 Å². The highest BCUT2D eigenvalue weighted by atomic mass is 16.1. The van der Waals surface area contributed by atoms with Crippen molar-refractivity contribution >= 4 is 5.78 Å². The Morgan fingerprint density at radius 2 is 1.67 bits per heavy atom. The Balaban J connectivity index is 3.75. The van der Waals surface area contributed by atoms with Gasteiger partial charge in [-0.1, -0.05) is 0 Å². The fourth-order valence-electron chi connectivity index (χ4n) is 0.0250. The maximum Gasteiger partial charge on any atom is 0.331 e. The molecule has 0 saturated heterocycles. The molecular weight excluding hydrogens is 80.0 g/mol. The summed E-state index contributed by atoms with van der Waals surface area (Å²) in [5.74, 6) is -1.05. The maximum atomic E-state index is 9.46. The third-order valence-electron chi connectivity index (χ3n) is 0.203. The first-order valence-electron chi connectivity index (χ1n) is 1.15. The molecule has 0 atom stereocenters. The predicted octanol–water partition coefficient (Wildman–Crippen LogP) is -0.397. The SMILES string of the molecule is N#CC(=O)C#N. The van der Waals surface area contributed by atoms with Crippen molar-refractivity contribution < 1.29 is 4.79 Å². The quantitative estimate of drug-likeness (QED) is 0.372. The van der Waals surface area contributed by atoms with Crippen LogP contribution < -0.4 is 0 Å². The van der Waals surface area contributed by atoms with Crippen molar-refractivity contribution in [1.82, 2.24) is 0 Å². The number of carbonyl (C=O) groups excluding carboxylic acids is 1. The Labute approximate surface area is 34.4 Å². The van der Waals surface area contributed by atoms with Crippen LogP contribution in [0.25, 0.3) is 0 Å². The van der Waals surface area contributed by atoms with Gasteiger partial charge in [0.15, 0.2) is 12.1 Å². The molecule has 0 heterocycles. The Morgan fingerprint density at radius 3 is 1.67 bits per heavy atom. The standard InChI is InChI=1S/C3N2O/c4-1-3(6)2-5. The van der Waals surface area contributed by atoms with Crippen LogP contribution in [0.4, 0.5) is 0 Å². The second kappa shape index (κ2) is 1.92. The number of rotatable bonds is 0. The van der Waals surface area contributed by atoms with E-state index in [1.807, 2.05) is 0 Å². The van der Waals surface area contributed by atoms with E-state index in [4.69, 9.17) is 10.5 Å². The first-order chi connectivity index (χ1) is 2.81. The van der Waals surface area contributed by atoms with Gasteiger partial charge in [-0.3, -0.25) is 4.79 Å². The monoisotopic (exact) mass is 80.0 g/mol. The van der Waals surface area contributed by atoms with E-state index in [0.29, 0.717) is 0 Å². The van der Waals surface area contributed by atoms with Crippen molar-refractivity contribution in [3.8, 4) is 12.1 Å². The number of hydrogen-bond acceptors (Lipinski definition) is 3. The maximum absolute atomic E-state index is 9.46. The first kappa shape index (κ1) is 4.65. The normalized spacial score (nSPS) is 5.00. The lowest BCUT2D eigenvalue weighted by atomic mass is 10.5. The second-order valence-corrected chi connectivity index (χ2v) is 0.553. The molecule has 0 aromatic rings. The van der Waals surface area contributed by atoms with Crippen LogP contribution in [0.2, 0.25) is 0 Å². The number of hydrogen-bond donors (Lipinski definition) is 0.